The van der Waals surface area contributed by atoms with Crippen molar-refractivity contribution in [2.45, 2.75) is 20.4 Å². The van der Waals surface area contributed by atoms with Crippen molar-refractivity contribution in [3.63, 3.8) is 0 Å². The summed E-state index contributed by atoms with van der Waals surface area (Å²) in [7, 11) is 0. The van der Waals surface area contributed by atoms with Gasteiger partial charge in [-0.3, -0.25) is 4.90 Å². The first-order chi connectivity index (χ1) is 12.7. The predicted octanol–water partition coefficient (Wildman–Crippen LogP) is 2.31. The van der Waals surface area contributed by atoms with Crippen LogP contribution in [0.5, 0.6) is 0 Å². The summed E-state index contributed by atoms with van der Waals surface area (Å²) in [6.45, 7) is 9.65. The van der Waals surface area contributed by atoms with Crippen molar-refractivity contribution >= 4 is 11.5 Å². The molecule has 0 N–H and O–H groups in total. The molecule has 0 bridgehead atoms. The van der Waals surface area contributed by atoms with Crippen LogP contribution in [0.15, 0.2) is 36.9 Å². The van der Waals surface area contributed by atoms with Crippen molar-refractivity contribution in [2.24, 2.45) is 11.8 Å². The van der Waals surface area contributed by atoms with Crippen LogP contribution in [0.25, 0.3) is 5.65 Å². The van der Waals surface area contributed by atoms with E-state index >= 15 is 0 Å². The van der Waals surface area contributed by atoms with Gasteiger partial charge in [0.1, 0.15) is 17.8 Å². The van der Waals surface area contributed by atoms with Crippen molar-refractivity contribution in [3.05, 3.63) is 53.9 Å². The number of rotatable bonds is 3. The molecular formula is C20H24N6. The van der Waals surface area contributed by atoms with Crippen molar-refractivity contribution in [2.75, 3.05) is 31.1 Å². The number of aromatic nitrogens is 4. The molecule has 0 radical (unpaired) electrons. The van der Waals surface area contributed by atoms with Crippen LogP contribution in [-0.4, -0.2) is 50.4 Å². The summed E-state index contributed by atoms with van der Waals surface area (Å²) in [5, 5.41) is 0. The third-order valence-corrected chi connectivity index (χ3v) is 5.97. The number of nitrogens with zero attached hydrogens (tertiary/aromatic N) is 6. The zero-order chi connectivity index (χ0) is 17.7. The highest BCUT2D eigenvalue weighted by atomic mass is 15.3. The minimum atomic E-state index is 0.724. The number of fused-ring (bicyclic) bond motifs is 2. The van der Waals surface area contributed by atoms with Gasteiger partial charge in [-0.1, -0.05) is 6.07 Å². The molecule has 26 heavy (non-hydrogen) atoms. The standard InChI is InChI=1S/C20H24N6/c1-14-15(2)21-13-22-20(14)26-9-16-7-24(8-17(16)10-26)11-18-12-25-6-4-3-5-19(25)23-18/h3-6,12-13,16-17H,7-11H2,1-2H3. The smallest absolute Gasteiger partial charge is 0.137 e. The van der Waals surface area contributed by atoms with E-state index in [0.29, 0.717) is 0 Å². The maximum Gasteiger partial charge on any atom is 0.137 e. The van der Waals surface area contributed by atoms with E-state index in [1.165, 1.54) is 5.56 Å². The van der Waals surface area contributed by atoms with Gasteiger partial charge in [0.05, 0.1) is 5.69 Å². The van der Waals surface area contributed by atoms with Gasteiger partial charge in [-0.25, -0.2) is 15.0 Å². The van der Waals surface area contributed by atoms with Crippen LogP contribution >= 0.6 is 0 Å². The van der Waals surface area contributed by atoms with Crippen LogP contribution < -0.4 is 4.90 Å². The molecule has 2 unspecified atom stereocenters. The Labute approximate surface area is 153 Å². The van der Waals surface area contributed by atoms with E-state index < -0.39 is 0 Å². The quantitative estimate of drug-likeness (QED) is 0.727. The number of hydrogen-bond acceptors (Lipinski definition) is 5. The van der Waals surface area contributed by atoms with Crippen molar-refractivity contribution in [1.82, 2.24) is 24.3 Å². The van der Waals surface area contributed by atoms with Gasteiger partial charge in [-0.2, -0.15) is 0 Å². The molecule has 5 rings (SSSR count). The molecule has 3 aromatic rings. The number of hydrogen-bond donors (Lipinski definition) is 0. The van der Waals surface area contributed by atoms with Gasteiger partial charge in [0.15, 0.2) is 0 Å². The maximum absolute atomic E-state index is 4.75. The minimum absolute atomic E-state index is 0.724. The van der Waals surface area contributed by atoms with Gasteiger partial charge in [0, 0.05) is 56.4 Å². The Balaban J connectivity index is 1.26. The molecule has 2 aliphatic rings. The number of aryl methyl sites for hydroxylation is 1. The van der Waals surface area contributed by atoms with Gasteiger partial charge in [-0.05, 0) is 37.8 Å². The monoisotopic (exact) mass is 348 g/mol. The normalized spacial score (nSPS) is 23.1. The molecule has 0 aromatic carbocycles. The minimum Gasteiger partial charge on any atom is -0.356 e. The summed E-state index contributed by atoms with van der Waals surface area (Å²) in [5.74, 6) is 2.57. The molecule has 0 spiro atoms. The second-order valence-corrected chi connectivity index (χ2v) is 7.73. The first-order valence-electron chi connectivity index (χ1n) is 9.35. The second-order valence-electron chi connectivity index (χ2n) is 7.73. The Morgan fingerprint density at radius 1 is 1.04 bits per heavy atom. The molecule has 6 nitrogen and oxygen atoms in total. The summed E-state index contributed by atoms with van der Waals surface area (Å²) in [5.41, 5.74) is 4.49. The summed E-state index contributed by atoms with van der Waals surface area (Å²) in [6.07, 6.45) is 5.92. The van der Waals surface area contributed by atoms with Crippen LogP contribution in [0.4, 0.5) is 5.82 Å². The van der Waals surface area contributed by atoms with Crippen molar-refractivity contribution in [1.29, 1.82) is 0 Å². The molecule has 2 aliphatic heterocycles. The van der Waals surface area contributed by atoms with E-state index in [1.54, 1.807) is 6.33 Å². The summed E-state index contributed by atoms with van der Waals surface area (Å²) < 4.78 is 2.11. The topological polar surface area (TPSA) is 49.6 Å². The zero-order valence-corrected chi connectivity index (χ0v) is 15.3. The van der Waals surface area contributed by atoms with Crippen LogP contribution in [0.3, 0.4) is 0 Å². The Morgan fingerprint density at radius 3 is 2.62 bits per heavy atom. The lowest BCUT2D eigenvalue weighted by atomic mass is 10.0. The van der Waals surface area contributed by atoms with Crippen LogP contribution in [0.1, 0.15) is 17.0 Å². The first kappa shape index (κ1) is 15.8. The van der Waals surface area contributed by atoms with Crippen molar-refractivity contribution in [3.8, 4) is 0 Å². The lowest BCUT2D eigenvalue weighted by Crippen LogP contribution is -2.29. The van der Waals surface area contributed by atoms with E-state index in [4.69, 9.17) is 4.98 Å². The molecule has 6 heteroatoms. The predicted molar refractivity (Wildman–Crippen MR) is 101 cm³/mol. The Bertz CT molecular complexity index is 901. The summed E-state index contributed by atoms with van der Waals surface area (Å²) >= 11 is 0. The van der Waals surface area contributed by atoms with Gasteiger partial charge < -0.3 is 9.30 Å². The largest absolute Gasteiger partial charge is 0.356 e. The van der Waals surface area contributed by atoms with Gasteiger partial charge in [0.25, 0.3) is 0 Å². The highest BCUT2D eigenvalue weighted by Gasteiger charge is 2.40. The summed E-state index contributed by atoms with van der Waals surface area (Å²) in [4.78, 5) is 18.6. The Morgan fingerprint density at radius 2 is 1.85 bits per heavy atom. The molecule has 2 fully saturated rings. The molecule has 0 aliphatic carbocycles. The van der Waals surface area contributed by atoms with E-state index in [0.717, 1.165) is 67.4 Å². The third-order valence-electron chi connectivity index (χ3n) is 5.97. The molecule has 2 atom stereocenters. The van der Waals surface area contributed by atoms with Crippen LogP contribution in [0, 0.1) is 25.7 Å². The van der Waals surface area contributed by atoms with Gasteiger partial charge in [0.2, 0.25) is 0 Å². The number of pyridine rings is 1. The average Bonchev–Trinajstić information content (AvgIpc) is 3.29. The molecule has 5 heterocycles. The van der Waals surface area contributed by atoms with E-state index in [2.05, 4.69) is 56.5 Å². The van der Waals surface area contributed by atoms with E-state index in [9.17, 15) is 0 Å². The van der Waals surface area contributed by atoms with Crippen LogP contribution in [0.2, 0.25) is 0 Å². The molecule has 0 amide bonds. The molecule has 2 saturated heterocycles. The number of anilines is 1. The fourth-order valence-electron chi connectivity index (χ4n) is 4.53. The maximum atomic E-state index is 4.75. The first-order valence-corrected chi connectivity index (χ1v) is 9.35. The fraction of sp³-hybridized carbons (Fsp3) is 0.450. The highest BCUT2D eigenvalue weighted by molar-refractivity contribution is 5.48. The molecule has 3 aromatic heterocycles. The highest BCUT2D eigenvalue weighted by Crippen LogP contribution is 2.35. The average molecular weight is 348 g/mol. The second kappa shape index (κ2) is 6.06. The molecular weight excluding hydrogens is 324 g/mol. The third kappa shape index (κ3) is 2.65. The van der Waals surface area contributed by atoms with E-state index in [-0.39, 0.29) is 0 Å². The molecule has 0 saturated carbocycles. The zero-order valence-electron chi connectivity index (χ0n) is 15.3. The Hall–Kier alpha value is -2.47. The van der Waals surface area contributed by atoms with Crippen LogP contribution in [-0.2, 0) is 6.54 Å². The summed E-state index contributed by atoms with van der Waals surface area (Å²) in [6, 6.07) is 6.15. The fourth-order valence-corrected chi connectivity index (χ4v) is 4.53. The van der Waals surface area contributed by atoms with E-state index in [1.807, 2.05) is 12.1 Å². The number of imidazole rings is 1. The SMILES string of the molecule is Cc1ncnc(N2CC3CN(Cc4cn5ccccc5n4)CC3C2)c1C. The van der Waals surface area contributed by atoms with Gasteiger partial charge in [-0.15, -0.1) is 0 Å². The Kier molecular flexibility index (Phi) is 3.67. The lowest BCUT2D eigenvalue weighted by molar-refractivity contribution is 0.305. The lowest BCUT2D eigenvalue weighted by Gasteiger charge is -2.23. The molecule has 134 valence electrons. The van der Waals surface area contributed by atoms with Gasteiger partial charge >= 0.3 is 0 Å². The number of likely N-dealkylation sites (tertiary alicyclic amines) is 1. The van der Waals surface area contributed by atoms with Crippen molar-refractivity contribution < 1.29 is 0 Å².